The van der Waals surface area contributed by atoms with Gasteiger partial charge in [0.2, 0.25) is 5.91 Å². The van der Waals surface area contributed by atoms with Gasteiger partial charge in [-0.3, -0.25) is 4.79 Å². The zero-order valence-electron chi connectivity index (χ0n) is 11.5. The maximum absolute atomic E-state index is 11.7. The zero-order valence-corrected chi connectivity index (χ0v) is 11.5. The van der Waals surface area contributed by atoms with E-state index < -0.39 is 12.0 Å². The summed E-state index contributed by atoms with van der Waals surface area (Å²) in [5, 5.41) is 11.4. The second kappa shape index (κ2) is 8.09. The summed E-state index contributed by atoms with van der Waals surface area (Å²) >= 11 is 0. The predicted molar refractivity (Wildman–Crippen MR) is 74.2 cm³/mol. The fourth-order valence-electron chi connectivity index (χ4n) is 1.77. The van der Waals surface area contributed by atoms with Gasteiger partial charge in [-0.15, -0.1) is 0 Å². The molecule has 0 spiro atoms. The number of aryl methyl sites for hydroxylation is 1. The molecular formula is C15H19NO4. The molecule has 108 valence electrons. The van der Waals surface area contributed by atoms with Crippen molar-refractivity contribution in [3.8, 4) is 0 Å². The third-order valence-electron chi connectivity index (χ3n) is 2.90. The summed E-state index contributed by atoms with van der Waals surface area (Å²) in [4.78, 5) is 33.6. The molecule has 0 aliphatic carbocycles. The zero-order chi connectivity index (χ0) is 15.0. The minimum absolute atomic E-state index is 0.0882. The maximum atomic E-state index is 11.7. The lowest BCUT2D eigenvalue weighted by atomic mass is 10.1. The number of hydrogen-bond donors (Lipinski definition) is 2. The Morgan fingerprint density at radius 2 is 1.80 bits per heavy atom. The van der Waals surface area contributed by atoms with Gasteiger partial charge >= 0.3 is 5.97 Å². The molecule has 1 aromatic carbocycles. The molecule has 20 heavy (non-hydrogen) atoms. The van der Waals surface area contributed by atoms with Crippen LogP contribution in [0, 0.1) is 0 Å². The highest BCUT2D eigenvalue weighted by atomic mass is 16.4. The molecule has 0 aliphatic heterocycles. The number of carboxylic acid groups (broad SMARTS) is 1. The van der Waals surface area contributed by atoms with Crippen molar-refractivity contribution in [1.82, 2.24) is 5.32 Å². The van der Waals surface area contributed by atoms with E-state index in [2.05, 4.69) is 5.32 Å². The van der Waals surface area contributed by atoms with E-state index in [0.717, 1.165) is 5.56 Å². The Bertz CT molecular complexity index is 470. The van der Waals surface area contributed by atoms with Gasteiger partial charge in [-0.1, -0.05) is 30.3 Å². The molecule has 1 aromatic rings. The van der Waals surface area contributed by atoms with E-state index in [1.54, 1.807) is 0 Å². The number of aliphatic carboxylic acids is 1. The number of nitrogens with one attached hydrogen (secondary N) is 1. The van der Waals surface area contributed by atoms with Gasteiger partial charge in [0.05, 0.1) is 0 Å². The molecule has 0 aromatic heterocycles. The lowest BCUT2D eigenvalue weighted by Gasteiger charge is -2.13. The number of benzene rings is 1. The first-order valence-electron chi connectivity index (χ1n) is 6.54. The fraction of sp³-hybridized carbons (Fsp3) is 0.400. The molecule has 0 heterocycles. The van der Waals surface area contributed by atoms with Gasteiger partial charge in [0.25, 0.3) is 0 Å². The molecule has 0 saturated carbocycles. The molecule has 0 radical (unpaired) electrons. The lowest BCUT2D eigenvalue weighted by molar-refractivity contribution is -0.142. The summed E-state index contributed by atoms with van der Waals surface area (Å²) in [7, 11) is 0. The van der Waals surface area contributed by atoms with Crippen LogP contribution >= 0.6 is 0 Å². The number of hydrogen-bond acceptors (Lipinski definition) is 3. The molecule has 5 heteroatoms. The SMILES string of the molecule is CC(=O)CC[C@H](NC(=O)CCc1ccccc1)C(=O)O. The number of ketones is 1. The highest BCUT2D eigenvalue weighted by Gasteiger charge is 2.19. The van der Waals surface area contributed by atoms with E-state index in [4.69, 9.17) is 5.11 Å². The van der Waals surface area contributed by atoms with E-state index in [1.165, 1.54) is 6.92 Å². The maximum Gasteiger partial charge on any atom is 0.326 e. The molecule has 0 bridgehead atoms. The number of carboxylic acids is 1. The second-order valence-electron chi connectivity index (χ2n) is 4.68. The smallest absolute Gasteiger partial charge is 0.326 e. The van der Waals surface area contributed by atoms with Crippen LogP contribution in [0.4, 0.5) is 0 Å². The number of carbonyl (C=O) groups is 3. The minimum atomic E-state index is -1.11. The van der Waals surface area contributed by atoms with Crippen LogP contribution in [0.1, 0.15) is 31.7 Å². The number of amides is 1. The highest BCUT2D eigenvalue weighted by Crippen LogP contribution is 2.04. The highest BCUT2D eigenvalue weighted by molar-refractivity contribution is 5.84. The Kier molecular flexibility index (Phi) is 6.43. The first kappa shape index (κ1) is 15.9. The Morgan fingerprint density at radius 3 is 2.35 bits per heavy atom. The Labute approximate surface area is 118 Å². The average molecular weight is 277 g/mol. The lowest BCUT2D eigenvalue weighted by Crippen LogP contribution is -2.41. The summed E-state index contributed by atoms with van der Waals surface area (Å²) in [5.74, 6) is -1.51. The topological polar surface area (TPSA) is 83.5 Å². The van der Waals surface area contributed by atoms with Gasteiger partial charge < -0.3 is 15.2 Å². The average Bonchev–Trinajstić information content (AvgIpc) is 2.41. The summed E-state index contributed by atoms with van der Waals surface area (Å²) in [6.07, 6.45) is 1.07. The first-order valence-corrected chi connectivity index (χ1v) is 6.54. The molecule has 0 saturated heterocycles. The van der Waals surface area contributed by atoms with Crippen molar-refractivity contribution in [2.45, 2.75) is 38.6 Å². The third-order valence-corrected chi connectivity index (χ3v) is 2.90. The monoisotopic (exact) mass is 277 g/mol. The van der Waals surface area contributed by atoms with Crippen LogP contribution < -0.4 is 5.32 Å². The molecular weight excluding hydrogens is 258 g/mol. The van der Waals surface area contributed by atoms with Gasteiger partial charge in [0.1, 0.15) is 11.8 Å². The molecule has 5 nitrogen and oxygen atoms in total. The first-order chi connectivity index (χ1) is 9.49. The van der Waals surface area contributed by atoms with E-state index in [9.17, 15) is 14.4 Å². The van der Waals surface area contributed by atoms with Crippen LogP contribution in [0.15, 0.2) is 30.3 Å². The standard InChI is InChI=1S/C15H19NO4/c1-11(17)7-9-13(15(19)20)16-14(18)10-8-12-5-3-2-4-6-12/h2-6,13H,7-10H2,1H3,(H,16,18)(H,19,20)/t13-/m0/s1. The number of Topliss-reactive ketones (excluding diaryl/α,β-unsaturated/α-hetero) is 1. The molecule has 0 aliphatic rings. The van der Waals surface area contributed by atoms with Crippen LogP contribution in [0.25, 0.3) is 0 Å². The quantitative estimate of drug-likeness (QED) is 0.755. The Balaban J connectivity index is 2.41. The van der Waals surface area contributed by atoms with Crippen LogP contribution in [-0.2, 0) is 20.8 Å². The van der Waals surface area contributed by atoms with Crippen molar-refractivity contribution in [2.75, 3.05) is 0 Å². The molecule has 1 atom stereocenters. The van der Waals surface area contributed by atoms with E-state index in [-0.39, 0.29) is 31.0 Å². The van der Waals surface area contributed by atoms with E-state index in [1.807, 2.05) is 30.3 Å². The molecule has 2 N–H and O–H groups in total. The third kappa shape index (κ3) is 6.13. The largest absolute Gasteiger partial charge is 0.480 e. The van der Waals surface area contributed by atoms with Gasteiger partial charge in [-0.05, 0) is 25.3 Å². The molecule has 0 fully saturated rings. The summed E-state index contributed by atoms with van der Waals surface area (Å²) in [6, 6.07) is 8.50. The van der Waals surface area contributed by atoms with Gasteiger partial charge in [0.15, 0.2) is 0 Å². The van der Waals surface area contributed by atoms with Gasteiger partial charge in [-0.25, -0.2) is 4.79 Å². The Hall–Kier alpha value is -2.17. The van der Waals surface area contributed by atoms with Crippen molar-refractivity contribution >= 4 is 17.7 Å². The normalized spacial score (nSPS) is 11.7. The number of rotatable bonds is 8. The number of carbonyl (C=O) groups excluding carboxylic acids is 2. The fourth-order valence-corrected chi connectivity index (χ4v) is 1.77. The van der Waals surface area contributed by atoms with Crippen LogP contribution in [0.2, 0.25) is 0 Å². The van der Waals surface area contributed by atoms with Crippen molar-refractivity contribution in [2.24, 2.45) is 0 Å². The van der Waals surface area contributed by atoms with Crippen molar-refractivity contribution in [3.05, 3.63) is 35.9 Å². The Morgan fingerprint density at radius 1 is 1.15 bits per heavy atom. The van der Waals surface area contributed by atoms with Crippen molar-refractivity contribution < 1.29 is 19.5 Å². The van der Waals surface area contributed by atoms with Crippen LogP contribution in [-0.4, -0.2) is 28.8 Å². The van der Waals surface area contributed by atoms with E-state index in [0.29, 0.717) is 6.42 Å². The van der Waals surface area contributed by atoms with Crippen LogP contribution in [0.5, 0.6) is 0 Å². The summed E-state index contributed by atoms with van der Waals surface area (Å²) in [6.45, 7) is 1.40. The van der Waals surface area contributed by atoms with Crippen LogP contribution in [0.3, 0.4) is 0 Å². The molecule has 0 unspecified atom stereocenters. The van der Waals surface area contributed by atoms with Gasteiger partial charge in [-0.2, -0.15) is 0 Å². The predicted octanol–water partition coefficient (Wildman–Crippen LogP) is 1.56. The van der Waals surface area contributed by atoms with Gasteiger partial charge in [0, 0.05) is 12.8 Å². The summed E-state index contributed by atoms with van der Waals surface area (Å²) in [5.41, 5.74) is 1.03. The minimum Gasteiger partial charge on any atom is -0.480 e. The van der Waals surface area contributed by atoms with E-state index >= 15 is 0 Å². The summed E-state index contributed by atoms with van der Waals surface area (Å²) < 4.78 is 0. The molecule has 1 amide bonds. The molecule has 1 rings (SSSR count). The second-order valence-corrected chi connectivity index (χ2v) is 4.68. The van der Waals surface area contributed by atoms with Crippen molar-refractivity contribution in [1.29, 1.82) is 0 Å². The van der Waals surface area contributed by atoms with Crippen molar-refractivity contribution in [3.63, 3.8) is 0 Å².